The fourth-order valence-corrected chi connectivity index (χ4v) is 2.37. The summed E-state index contributed by atoms with van der Waals surface area (Å²) in [5.41, 5.74) is -0.0289. The Balaban J connectivity index is 1.94. The zero-order valence-electron chi connectivity index (χ0n) is 11.1. The summed E-state index contributed by atoms with van der Waals surface area (Å²) < 4.78 is 31.9. The summed E-state index contributed by atoms with van der Waals surface area (Å²) in [5.74, 6) is -1.96. The van der Waals surface area contributed by atoms with Gasteiger partial charge in [-0.15, -0.1) is 0 Å². The molecule has 1 aromatic rings. The molecule has 2 rings (SSSR count). The maximum Gasteiger partial charge on any atom is 0.164 e. The number of aliphatic hydroxyl groups excluding tert-OH is 2. The summed E-state index contributed by atoms with van der Waals surface area (Å²) >= 11 is 0. The Kier molecular flexibility index (Phi) is 5.42. The first-order chi connectivity index (χ1) is 9.63. The Labute approximate surface area is 116 Å². The standard InChI is InChI=1S/C14H19F2NO3/c15-12-3-1-2-11(14(12)16)13(19)4-5-17-6-7-20-9-10(17)8-18/h1-3,10,13,18-19H,4-9H2. The normalized spacial score (nSPS) is 21.9. The van der Waals surface area contributed by atoms with Crippen LogP contribution in [0.4, 0.5) is 8.78 Å². The maximum absolute atomic E-state index is 13.6. The average Bonchev–Trinajstić information content (AvgIpc) is 2.48. The van der Waals surface area contributed by atoms with Crippen LogP contribution in [0, 0.1) is 11.6 Å². The predicted molar refractivity (Wildman–Crippen MR) is 69.2 cm³/mol. The molecule has 1 aliphatic heterocycles. The van der Waals surface area contributed by atoms with E-state index in [4.69, 9.17) is 4.74 Å². The number of rotatable bonds is 5. The molecule has 1 fully saturated rings. The Bertz CT molecular complexity index is 444. The van der Waals surface area contributed by atoms with Gasteiger partial charge in [0.25, 0.3) is 0 Å². The topological polar surface area (TPSA) is 52.9 Å². The Hall–Kier alpha value is -1.08. The van der Waals surface area contributed by atoms with Crippen LogP contribution in [0.25, 0.3) is 0 Å². The Morgan fingerprint density at radius 1 is 1.40 bits per heavy atom. The van der Waals surface area contributed by atoms with Gasteiger partial charge in [0, 0.05) is 18.7 Å². The van der Waals surface area contributed by atoms with E-state index in [1.165, 1.54) is 12.1 Å². The highest BCUT2D eigenvalue weighted by molar-refractivity contribution is 5.21. The summed E-state index contributed by atoms with van der Waals surface area (Å²) in [6, 6.07) is 3.68. The number of nitrogens with zero attached hydrogens (tertiary/aromatic N) is 1. The van der Waals surface area contributed by atoms with E-state index in [-0.39, 0.29) is 24.6 Å². The van der Waals surface area contributed by atoms with Crippen molar-refractivity contribution < 1.29 is 23.7 Å². The van der Waals surface area contributed by atoms with E-state index in [1.807, 2.05) is 4.90 Å². The molecular weight excluding hydrogens is 268 g/mol. The van der Waals surface area contributed by atoms with Gasteiger partial charge in [0.2, 0.25) is 0 Å². The van der Waals surface area contributed by atoms with Gasteiger partial charge in [-0.2, -0.15) is 0 Å². The van der Waals surface area contributed by atoms with Crippen LogP contribution in [-0.2, 0) is 4.74 Å². The lowest BCUT2D eigenvalue weighted by Crippen LogP contribution is -2.48. The molecule has 2 N–H and O–H groups in total. The van der Waals surface area contributed by atoms with Crippen LogP contribution in [0.5, 0.6) is 0 Å². The summed E-state index contributed by atoms with van der Waals surface area (Å²) in [7, 11) is 0. The van der Waals surface area contributed by atoms with Crippen LogP contribution in [0.3, 0.4) is 0 Å². The Morgan fingerprint density at radius 2 is 2.20 bits per heavy atom. The molecule has 20 heavy (non-hydrogen) atoms. The number of ether oxygens (including phenoxy) is 1. The van der Waals surface area contributed by atoms with Gasteiger partial charge < -0.3 is 14.9 Å². The molecule has 1 heterocycles. The second-order valence-electron chi connectivity index (χ2n) is 4.89. The molecule has 0 aliphatic carbocycles. The molecule has 0 spiro atoms. The molecule has 1 saturated heterocycles. The second-order valence-corrected chi connectivity index (χ2v) is 4.89. The van der Waals surface area contributed by atoms with Crippen molar-refractivity contribution in [2.75, 3.05) is 32.9 Å². The zero-order valence-corrected chi connectivity index (χ0v) is 11.1. The van der Waals surface area contributed by atoms with Gasteiger partial charge in [-0.05, 0) is 12.5 Å². The van der Waals surface area contributed by atoms with E-state index < -0.39 is 17.7 Å². The highest BCUT2D eigenvalue weighted by Gasteiger charge is 2.23. The number of hydrogen-bond donors (Lipinski definition) is 2. The maximum atomic E-state index is 13.6. The fraction of sp³-hybridized carbons (Fsp3) is 0.571. The van der Waals surface area contributed by atoms with E-state index in [1.54, 1.807) is 0 Å². The largest absolute Gasteiger partial charge is 0.395 e. The highest BCUT2D eigenvalue weighted by atomic mass is 19.2. The van der Waals surface area contributed by atoms with E-state index in [2.05, 4.69) is 0 Å². The van der Waals surface area contributed by atoms with E-state index >= 15 is 0 Å². The first kappa shape index (κ1) is 15.3. The minimum atomic E-state index is -1.06. The molecule has 1 aliphatic rings. The first-order valence-corrected chi connectivity index (χ1v) is 6.68. The van der Waals surface area contributed by atoms with Crippen molar-refractivity contribution in [3.05, 3.63) is 35.4 Å². The lowest BCUT2D eigenvalue weighted by molar-refractivity contribution is -0.0322. The zero-order chi connectivity index (χ0) is 14.5. The third-order valence-electron chi connectivity index (χ3n) is 3.59. The van der Waals surface area contributed by atoms with Crippen molar-refractivity contribution in [3.63, 3.8) is 0 Å². The smallest absolute Gasteiger partial charge is 0.164 e. The van der Waals surface area contributed by atoms with Gasteiger partial charge in [-0.3, -0.25) is 4.90 Å². The molecule has 0 bridgehead atoms. The minimum Gasteiger partial charge on any atom is -0.395 e. The van der Waals surface area contributed by atoms with Gasteiger partial charge >= 0.3 is 0 Å². The third-order valence-corrected chi connectivity index (χ3v) is 3.59. The second kappa shape index (κ2) is 7.08. The van der Waals surface area contributed by atoms with Gasteiger partial charge in [-0.1, -0.05) is 12.1 Å². The molecule has 6 heteroatoms. The fourth-order valence-electron chi connectivity index (χ4n) is 2.37. The van der Waals surface area contributed by atoms with Gasteiger partial charge in [0.05, 0.1) is 32.0 Å². The number of benzene rings is 1. The Morgan fingerprint density at radius 3 is 2.95 bits per heavy atom. The molecule has 2 unspecified atom stereocenters. The summed E-state index contributed by atoms with van der Waals surface area (Å²) in [6.45, 7) is 2.14. The lowest BCUT2D eigenvalue weighted by Gasteiger charge is -2.34. The first-order valence-electron chi connectivity index (χ1n) is 6.68. The highest BCUT2D eigenvalue weighted by Crippen LogP contribution is 2.22. The lowest BCUT2D eigenvalue weighted by atomic mass is 10.0. The van der Waals surface area contributed by atoms with Gasteiger partial charge in [0.15, 0.2) is 11.6 Å². The van der Waals surface area contributed by atoms with E-state index in [0.29, 0.717) is 26.3 Å². The van der Waals surface area contributed by atoms with Crippen molar-refractivity contribution in [1.29, 1.82) is 0 Å². The quantitative estimate of drug-likeness (QED) is 0.851. The van der Waals surface area contributed by atoms with Crippen LogP contribution < -0.4 is 0 Å². The van der Waals surface area contributed by atoms with Crippen molar-refractivity contribution >= 4 is 0 Å². The van der Waals surface area contributed by atoms with Crippen molar-refractivity contribution in [3.8, 4) is 0 Å². The number of hydrogen-bond acceptors (Lipinski definition) is 4. The molecule has 112 valence electrons. The predicted octanol–water partition coefficient (Wildman–Crippen LogP) is 1.08. The summed E-state index contributed by atoms with van der Waals surface area (Å²) in [5, 5.41) is 19.2. The molecular formula is C14H19F2NO3. The van der Waals surface area contributed by atoms with Gasteiger partial charge in [-0.25, -0.2) is 8.78 Å². The summed E-state index contributed by atoms with van der Waals surface area (Å²) in [6.07, 6.45) is -0.787. The van der Waals surface area contributed by atoms with Crippen molar-refractivity contribution in [2.24, 2.45) is 0 Å². The molecule has 4 nitrogen and oxygen atoms in total. The van der Waals surface area contributed by atoms with Crippen LogP contribution in [0.2, 0.25) is 0 Å². The third kappa shape index (κ3) is 3.52. The van der Waals surface area contributed by atoms with Gasteiger partial charge in [0.1, 0.15) is 0 Å². The van der Waals surface area contributed by atoms with Crippen molar-refractivity contribution in [2.45, 2.75) is 18.6 Å². The van der Waals surface area contributed by atoms with Crippen LogP contribution in [0.1, 0.15) is 18.1 Å². The average molecular weight is 287 g/mol. The molecule has 0 saturated carbocycles. The van der Waals surface area contributed by atoms with Crippen LogP contribution in [0.15, 0.2) is 18.2 Å². The van der Waals surface area contributed by atoms with Crippen molar-refractivity contribution in [1.82, 2.24) is 4.90 Å². The van der Waals surface area contributed by atoms with Crippen LogP contribution in [-0.4, -0.2) is 54.1 Å². The SMILES string of the molecule is OCC1COCCN1CCC(O)c1cccc(F)c1F. The molecule has 2 atom stereocenters. The molecule has 0 radical (unpaired) electrons. The van der Waals surface area contributed by atoms with E-state index in [0.717, 1.165) is 6.07 Å². The minimum absolute atomic E-state index is 0.0234. The van der Waals surface area contributed by atoms with Crippen LogP contribution >= 0.6 is 0 Å². The number of aliphatic hydroxyl groups is 2. The monoisotopic (exact) mass is 287 g/mol. The number of halogens is 2. The molecule has 0 amide bonds. The summed E-state index contributed by atoms with van der Waals surface area (Å²) in [4.78, 5) is 1.99. The van der Waals surface area contributed by atoms with E-state index in [9.17, 15) is 19.0 Å². The molecule has 1 aromatic carbocycles. The number of morpholine rings is 1. The molecule has 0 aromatic heterocycles.